The van der Waals surface area contributed by atoms with E-state index in [0.29, 0.717) is 24.0 Å². The zero-order valence-corrected chi connectivity index (χ0v) is 12.1. The highest BCUT2D eigenvalue weighted by atomic mass is 32.2. The number of nitrogens with zero attached hydrogens (tertiary/aromatic N) is 2. The van der Waals surface area contributed by atoms with Crippen LogP contribution in [0.3, 0.4) is 0 Å². The Hall–Kier alpha value is -1.45. The van der Waals surface area contributed by atoms with Crippen molar-refractivity contribution in [3.8, 4) is 0 Å². The minimum atomic E-state index is -3.17. The second-order valence-electron chi connectivity index (χ2n) is 4.39. The van der Waals surface area contributed by atoms with E-state index in [-0.39, 0.29) is 12.5 Å². The van der Waals surface area contributed by atoms with Crippen LogP contribution in [0.15, 0.2) is 6.07 Å². The van der Waals surface area contributed by atoms with E-state index in [1.807, 2.05) is 13.8 Å². The lowest BCUT2D eigenvalue weighted by molar-refractivity contribution is 0.589. The van der Waals surface area contributed by atoms with E-state index in [2.05, 4.69) is 25.4 Å². The van der Waals surface area contributed by atoms with Gasteiger partial charge in [-0.2, -0.15) is 0 Å². The Kier molecular flexibility index (Phi) is 5.45. The molecule has 0 saturated carbocycles. The summed E-state index contributed by atoms with van der Waals surface area (Å²) in [6, 6.07) is 1.66. The van der Waals surface area contributed by atoms with E-state index < -0.39 is 10.0 Å². The van der Waals surface area contributed by atoms with Crippen molar-refractivity contribution in [2.24, 2.45) is 5.84 Å². The molecule has 0 atom stereocenters. The fourth-order valence-electron chi connectivity index (χ4n) is 1.32. The van der Waals surface area contributed by atoms with Gasteiger partial charge in [0.15, 0.2) is 0 Å². The predicted octanol–water partition coefficient (Wildman–Crippen LogP) is -0.153. The molecule has 0 saturated heterocycles. The molecule has 1 aromatic heterocycles. The van der Waals surface area contributed by atoms with Gasteiger partial charge in [-0.05, 0) is 0 Å². The van der Waals surface area contributed by atoms with Gasteiger partial charge in [-0.1, -0.05) is 13.8 Å². The molecule has 0 aliphatic heterocycles. The summed E-state index contributed by atoms with van der Waals surface area (Å²) in [5.74, 6) is 7.28. The molecular weight excluding hydrogens is 268 g/mol. The standard InChI is InChI=1S/C10H20N6O2S/c1-7(2)10-14-8(6-9(15-10)16-11)12-4-5-13-19(3,17)18/h6-7,13H,4-5,11H2,1-3H3,(H2,12,14,15,16). The topological polar surface area (TPSA) is 122 Å². The number of nitrogen functional groups attached to an aromatic ring is 1. The average Bonchev–Trinajstić information content (AvgIpc) is 2.33. The van der Waals surface area contributed by atoms with E-state index >= 15 is 0 Å². The Morgan fingerprint density at radius 3 is 2.42 bits per heavy atom. The third-order valence-corrected chi connectivity index (χ3v) is 2.93. The summed E-state index contributed by atoms with van der Waals surface area (Å²) in [6.07, 6.45) is 1.12. The number of nitrogens with two attached hydrogens (primary N) is 1. The molecule has 0 bridgehead atoms. The smallest absolute Gasteiger partial charge is 0.208 e. The molecule has 108 valence electrons. The van der Waals surface area contributed by atoms with Crippen LogP contribution in [0.4, 0.5) is 11.6 Å². The van der Waals surface area contributed by atoms with E-state index in [1.54, 1.807) is 6.07 Å². The monoisotopic (exact) mass is 288 g/mol. The molecule has 0 unspecified atom stereocenters. The Labute approximate surface area is 113 Å². The van der Waals surface area contributed by atoms with Crippen molar-refractivity contribution in [2.75, 3.05) is 30.1 Å². The summed E-state index contributed by atoms with van der Waals surface area (Å²) in [5, 5.41) is 3.01. The van der Waals surface area contributed by atoms with Gasteiger partial charge >= 0.3 is 0 Å². The van der Waals surface area contributed by atoms with Crippen molar-refractivity contribution in [3.63, 3.8) is 0 Å². The maximum absolute atomic E-state index is 10.9. The Morgan fingerprint density at radius 2 is 1.89 bits per heavy atom. The van der Waals surface area contributed by atoms with E-state index in [9.17, 15) is 8.42 Å². The lowest BCUT2D eigenvalue weighted by Crippen LogP contribution is -2.28. The van der Waals surface area contributed by atoms with Crippen molar-refractivity contribution >= 4 is 21.7 Å². The van der Waals surface area contributed by atoms with Crippen molar-refractivity contribution in [1.82, 2.24) is 14.7 Å². The first kappa shape index (κ1) is 15.6. The Morgan fingerprint density at radius 1 is 1.26 bits per heavy atom. The second-order valence-corrected chi connectivity index (χ2v) is 6.22. The van der Waals surface area contributed by atoms with Crippen molar-refractivity contribution in [2.45, 2.75) is 19.8 Å². The lowest BCUT2D eigenvalue weighted by atomic mass is 10.2. The Balaban J connectivity index is 2.65. The maximum atomic E-state index is 10.9. The number of hydrazine groups is 1. The van der Waals surface area contributed by atoms with Crippen LogP contribution in [0.5, 0.6) is 0 Å². The first-order valence-corrected chi connectivity index (χ1v) is 7.75. The molecule has 0 spiro atoms. The summed E-state index contributed by atoms with van der Waals surface area (Å²) >= 11 is 0. The molecule has 1 rings (SSSR count). The highest BCUT2D eigenvalue weighted by Gasteiger charge is 2.07. The minimum absolute atomic E-state index is 0.169. The third kappa shape index (κ3) is 5.81. The van der Waals surface area contributed by atoms with Crippen LogP contribution in [-0.2, 0) is 10.0 Å². The Bertz CT molecular complexity index is 517. The number of hydrogen-bond acceptors (Lipinski definition) is 7. The third-order valence-electron chi connectivity index (χ3n) is 2.20. The number of sulfonamides is 1. The molecule has 8 nitrogen and oxygen atoms in total. The van der Waals surface area contributed by atoms with Gasteiger partial charge in [0.25, 0.3) is 0 Å². The van der Waals surface area contributed by atoms with Gasteiger partial charge in [0.05, 0.1) is 6.26 Å². The highest BCUT2D eigenvalue weighted by Crippen LogP contribution is 2.15. The molecule has 0 fully saturated rings. The first-order chi connectivity index (χ1) is 8.81. The van der Waals surface area contributed by atoms with Crippen molar-refractivity contribution < 1.29 is 8.42 Å². The van der Waals surface area contributed by atoms with Crippen LogP contribution in [-0.4, -0.2) is 37.7 Å². The molecule has 1 heterocycles. The van der Waals surface area contributed by atoms with Crippen molar-refractivity contribution in [3.05, 3.63) is 11.9 Å². The molecule has 0 amide bonds. The number of anilines is 2. The van der Waals surface area contributed by atoms with E-state index in [4.69, 9.17) is 5.84 Å². The van der Waals surface area contributed by atoms with Gasteiger partial charge < -0.3 is 10.7 Å². The minimum Gasteiger partial charge on any atom is -0.369 e. The normalized spacial score (nSPS) is 11.6. The first-order valence-electron chi connectivity index (χ1n) is 5.86. The fraction of sp³-hybridized carbons (Fsp3) is 0.600. The van der Waals surface area contributed by atoms with E-state index in [1.165, 1.54) is 0 Å². The molecule has 0 aliphatic carbocycles. The van der Waals surface area contributed by atoms with Gasteiger partial charge in [0.1, 0.15) is 17.5 Å². The predicted molar refractivity (Wildman–Crippen MR) is 75.3 cm³/mol. The summed E-state index contributed by atoms with van der Waals surface area (Å²) in [6.45, 7) is 4.66. The molecule has 1 aromatic rings. The van der Waals surface area contributed by atoms with Crippen LogP contribution in [0.1, 0.15) is 25.6 Å². The molecule has 0 aliphatic rings. The van der Waals surface area contributed by atoms with Crippen LogP contribution in [0, 0.1) is 0 Å². The van der Waals surface area contributed by atoms with Gasteiger partial charge in [-0.25, -0.2) is 29.0 Å². The molecular formula is C10H20N6O2S. The zero-order chi connectivity index (χ0) is 14.5. The number of aromatic nitrogens is 2. The van der Waals surface area contributed by atoms with Gasteiger partial charge in [-0.3, -0.25) is 0 Å². The molecule has 0 aromatic carbocycles. The zero-order valence-electron chi connectivity index (χ0n) is 11.3. The second kappa shape index (κ2) is 6.64. The average molecular weight is 288 g/mol. The number of nitrogens with one attached hydrogen (secondary N) is 3. The summed E-state index contributed by atoms with van der Waals surface area (Å²) in [5.41, 5.74) is 2.47. The number of hydrogen-bond donors (Lipinski definition) is 4. The number of rotatable bonds is 7. The molecule has 19 heavy (non-hydrogen) atoms. The quantitative estimate of drug-likeness (QED) is 0.312. The van der Waals surface area contributed by atoms with Crippen molar-refractivity contribution in [1.29, 1.82) is 0 Å². The SMILES string of the molecule is CC(C)c1nc(NN)cc(NCCNS(C)(=O)=O)n1. The van der Waals surface area contributed by atoms with Gasteiger partial charge in [0, 0.05) is 25.1 Å². The lowest BCUT2D eigenvalue weighted by Gasteiger charge is -2.11. The van der Waals surface area contributed by atoms with Gasteiger partial charge in [0.2, 0.25) is 10.0 Å². The molecule has 5 N–H and O–H groups in total. The van der Waals surface area contributed by atoms with Crippen LogP contribution in [0.25, 0.3) is 0 Å². The molecule has 9 heteroatoms. The summed E-state index contributed by atoms with van der Waals surface area (Å²) in [4.78, 5) is 8.54. The summed E-state index contributed by atoms with van der Waals surface area (Å²) < 4.78 is 24.2. The van der Waals surface area contributed by atoms with Crippen LogP contribution in [0.2, 0.25) is 0 Å². The van der Waals surface area contributed by atoms with Crippen LogP contribution >= 0.6 is 0 Å². The van der Waals surface area contributed by atoms with Gasteiger partial charge in [-0.15, -0.1) is 0 Å². The summed E-state index contributed by atoms with van der Waals surface area (Å²) in [7, 11) is -3.17. The fourth-order valence-corrected chi connectivity index (χ4v) is 1.79. The maximum Gasteiger partial charge on any atom is 0.208 e. The van der Waals surface area contributed by atoms with E-state index in [0.717, 1.165) is 6.26 Å². The largest absolute Gasteiger partial charge is 0.369 e. The molecule has 0 radical (unpaired) electrons. The van der Waals surface area contributed by atoms with Crippen LogP contribution < -0.4 is 21.3 Å². The highest BCUT2D eigenvalue weighted by molar-refractivity contribution is 7.88.